The van der Waals surface area contributed by atoms with Gasteiger partial charge in [0.15, 0.2) is 0 Å². The summed E-state index contributed by atoms with van der Waals surface area (Å²) in [6.45, 7) is 5.09. The van der Waals surface area contributed by atoms with Gasteiger partial charge in [-0.3, -0.25) is 4.68 Å². The van der Waals surface area contributed by atoms with Crippen LogP contribution in [0.4, 0.5) is 8.78 Å². The van der Waals surface area contributed by atoms with Crippen molar-refractivity contribution >= 4 is 0 Å². The molecule has 20 heavy (non-hydrogen) atoms. The lowest BCUT2D eigenvalue weighted by Crippen LogP contribution is -2.19. The number of benzene rings is 1. The van der Waals surface area contributed by atoms with E-state index in [0.29, 0.717) is 0 Å². The van der Waals surface area contributed by atoms with E-state index in [9.17, 15) is 8.78 Å². The average molecular weight is 279 g/mol. The fourth-order valence-electron chi connectivity index (χ4n) is 2.24. The SMILES string of the molecule is CCNC(CC)c1cnn(Cc2c(F)cccc2F)c1. The zero-order chi connectivity index (χ0) is 14.5. The van der Waals surface area contributed by atoms with E-state index >= 15 is 0 Å². The van der Waals surface area contributed by atoms with Gasteiger partial charge in [0, 0.05) is 23.4 Å². The van der Waals surface area contributed by atoms with Crippen molar-refractivity contribution in [3.05, 3.63) is 53.4 Å². The summed E-state index contributed by atoms with van der Waals surface area (Å²) in [5.41, 5.74) is 1.07. The van der Waals surface area contributed by atoms with Crippen LogP contribution in [0.3, 0.4) is 0 Å². The van der Waals surface area contributed by atoms with Crippen molar-refractivity contribution in [2.75, 3.05) is 6.54 Å². The highest BCUT2D eigenvalue weighted by molar-refractivity contribution is 5.20. The summed E-state index contributed by atoms with van der Waals surface area (Å²) >= 11 is 0. The van der Waals surface area contributed by atoms with Crippen molar-refractivity contribution in [1.82, 2.24) is 15.1 Å². The van der Waals surface area contributed by atoms with Crippen molar-refractivity contribution in [2.24, 2.45) is 0 Å². The number of nitrogens with zero attached hydrogens (tertiary/aromatic N) is 2. The van der Waals surface area contributed by atoms with Crippen molar-refractivity contribution in [2.45, 2.75) is 32.9 Å². The maximum atomic E-state index is 13.6. The molecule has 1 N–H and O–H groups in total. The van der Waals surface area contributed by atoms with Crippen LogP contribution in [0.2, 0.25) is 0 Å². The van der Waals surface area contributed by atoms with Gasteiger partial charge >= 0.3 is 0 Å². The molecule has 3 nitrogen and oxygen atoms in total. The minimum Gasteiger partial charge on any atom is -0.310 e. The van der Waals surface area contributed by atoms with E-state index in [1.807, 2.05) is 13.1 Å². The van der Waals surface area contributed by atoms with Crippen molar-refractivity contribution in [3.8, 4) is 0 Å². The molecule has 1 aromatic heterocycles. The summed E-state index contributed by atoms with van der Waals surface area (Å²) in [6.07, 6.45) is 4.52. The van der Waals surface area contributed by atoms with Crippen LogP contribution in [0.5, 0.6) is 0 Å². The molecule has 5 heteroatoms. The van der Waals surface area contributed by atoms with Crippen molar-refractivity contribution in [1.29, 1.82) is 0 Å². The predicted molar refractivity (Wildman–Crippen MR) is 74.4 cm³/mol. The van der Waals surface area contributed by atoms with Crippen molar-refractivity contribution < 1.29 is 8.78 Å². The van der Waals surface area contributed by atoms with E-state index in [4.69, 9.17) is 0 Å². The zero-order valence-corrected chi connectivity index (χ0v) is 11.7. The van der Waals surface area contributed by atoms with Gasteiger partial charge in [0.05, 0.1) is 12.7 Å². The lowest BCUT2D eigenvalue weighted by Gasteiger charge is -2.13. The maximum Gasteiger partial charge on any atom is 0.131 e. The number of hydrogen-bond acceptors (Lipinski definition) is 2. The molecule has 0 spiro atoms. The minimum absolute atomic E-state index is 0.0404. The number of aromatic nitrogens is 2. The van der Waals surface area contributed by atoms with Gasteiger partial charge in [-0.05, 0) is 25.1 Å². The molecule has 0 bridgehead atoms. The van der Waals surface area contributed by atoms with Crippen molar-refractivity contribution in [3.63, 3.8) is 0 Å². The van der Waals surface area contributed by atoms with Crippen LogP contribution in [0, 0.1) is 11.6 Å². The highest BCUT2D eigenvalue weighted by Crippen LogP contribution is 2.17. The molecule has 1 atom stereocenters. The number of hydrogen-bond donors (Lipinski definition) is 1. The van der Waals surface area contributed by atoms with Gasteiger partial charge < -0.3 is 5.32 Å². The van der Waals surface area contributed by atoms with E-state index in [2.05, 4.69) is 17.3 Å². The summed E-state index contributed by atoms with van der Waals surface area (Å²) < 4.78 is 28.8. The molecule has 0 saturated carbocycles. The van der Waals surface area contributed by atoms with Gasteiger partial charge in [-0.1, -0.05) is 19.9 Å². The van der Waals surface area contributed by atoms with E-state index in [1.165, 1.54) is 18.2 Å². The molecule has 0 saturated heterocycles. The number of nitrogens with one attached hydrogen (secondary N) is 1. The summed E-state index contributed by atoms with van der Waals surface area (Å²) in [4.78, 5) is 0. The predicted octanol–water partition coefficient (Wildman–Crippen LogP) is 3.27. The first-order valence-corrected chi connectivity index (χ1v) is 6.84. The molecule has 0 radical (unpaired) electrons. The summed E-state index contributed by atoms with van der Waals surface area (Å²) in [6, 6.07) is 4.10. The van der Waals surface area contributed by atoms with Gasteiger partial charge in [0.1, 0.15) is 11.6 Å². The highest BCUT2D eigenvalue weighted by atomic mass is 19.1. The van der Waals surface area contributed by atoms with E-state index < -0.39 is 11.6 Å². The molecule has 0 aliphatic rings. The summed E-state index contributed by atoms with van der Waals surface area (Å²) in [5.74, 6) is -1.08. The third-order valence-electron chi connectivity index (χ3n) is 3.30. The molecular formula is C15H19F2N3. The van der Waals surface area contributed by atoms with Crippen LogP contribution in [-0.4, -0.2) is 16.3 Å². The van der Waals surface area contributed by atoms with Gasteiger partial charge in [0.25, 0.3) is 0 Å². The molecule has 0 amide bonds. The molecule has 0 aliphatic carbocycles. The lowest BCUT2D eigenvalue weighted by molar-refractivity contribution is 0.528. The third kappa shape index (κ3) is 3.22. The monoisotopic (exact) mass is 279 g/mol. The molecule has 1 unspecified atom stereocenters. The molecule has 2 rings (SSSR count). The average Bonchev–Trinajstić information content (AvgIpc) is 2.89. The maximum absolute atomic E-state index is 13.6. The molecular weight excluding hydrogens is 260 g/mol. The Labute approximate surface area is 117 Å². The van der Waals surface area contributed by atoms with Crippen LogP contribution < -0.4 is 5.32 Å². The Bertz CT molecular complexity index is 546. The Morgan fingerprint density at radius 3 is 2.55 bits per heavy atom. The summed E-state index contributed by atoms with van der Waals surface area (Å²) in [5, 5.41) is 7.54. The van der Waals surface area contributed by atoms with Gasteiger partial charge in [-0.2, -0.15) is 5.10 Å². The molecule has 0 aliphatic heterocycles. The smallest absolute Gasteiger partial charge is 0.131 e. The second-order valence-electron chi connectivity index (χ2n) is 4.69. The first-order chi connectivity index (χ1) is 9.65. The largest absolute Gasteiger partial charge is 0.310 e. The summed E-state index contributed by atoms with van der Waals surface area (Å²) in [7, 11) is 0. The lowest BCUT2D eigenvalue weighted by atomic mass is 10.1. The van der Waals surface area contributed by atoms with Crippen LogP contribution in [0.1, 0.15) is 37.4 Å². The highest BCUT2D eigenvalue weighted by Gasteiger charge is 2.13. The second kappa shape index (κ2) is 6.61. The van der Waals surface area contributed by atoms with Crippen LogP contribution in [0.15, 0.2) is 30.6 Å². The van der Waals surface area contributed by atoms with Crippen LogP contribution >= 0.6 is 0 Å². The zero-order valence-electron chi connectivity index (χ0n) is 11.7. The fraction of sp³-hybridized carbons (Fsp3) is 0.400. The normalized spacial score (nSPS) is 12.6. The van der Waals surface area contributed by atoms with E-state index in [1.54, 1.807) is 10.9 Å². The van der Waals surface area contributed by atoms with E-state index in [-0.39, 0.29) is 18.2 Å². The number of rotatable bonds is 6. The first kappa shape index (κ1) is 14.7. The number of halogens is 2. The second-order valence-corrected chi connectivity index (χ2v) is 4.69. The fourth-order valence-corrected chi connectivity index (χ4v) is 2.24. The standard InChI is InChI=1S/C15H19F2N3/c1-3-15(18-4-2)11-8-19-20(9-11)10-12-13(16)6-5-7-14(12)17/h5-9,15,18H,3-4,10H2,1-2H3. The molecule has 0 fully saturated rings. The molecule has 2 aromatic rings. The first-order valence-electron chi connectivity index (χ1n) is 6.84. The Kier molecular flexibility index (Phi) is 4.84. The molecule has 1 heterocycles. The third-order valence-corrected chi connectivity index (χ3v) is 3.30. The Morgan fingerprint density at radius 1 is 1.25 bits per heavy atom. The molecule has 108 valence electrons. The Hall–Kier alpha value is -1.75. The van der Waals surface area contributed by atoms with Gasteiger partial charge in [-0.15, -0.1) is 0 Å². The Morgan fingerprint density at radius 2 is 1.95 bits per heavy atom. The molecule has 1 aromatic carbocycles. The topological polar surface area (TPSA) is 29.9 Å². The Balaban J connectivity index is 2.17. The van der Waals surface area contributed by atoms with E-state index in [0.717, 1.165) is 18.5 Å². The van der Waals surface area contributed by atoms with Gasteiger partial charge in [-0.25, -0.2) is 8.78 Å². The van der Waals surface area contributed by atoms with Crippen LogP contribution in [-0.2, 0) is 6.54 Å². The van der Waals surface area contributed by atoms with Gasteiger partial charge in [0.2, 0.25) is 0 Å². The minimum atomic E-state index is -0.541. The van der Waals surface area contributed by atoms with Crippen LogP contribution in [0.25, 0.3) is 0 Å². The quantitative estimate of drug-likeness (QED) is 0.879.